The Labute approximate surface area is 99.8 Å². The van der Waals surface area contributed by atoms with Crippen molar-refractivity contribution in [2.75, 3.05) is 12.3 Å². The normalized spacial score (nSPS) is 23.7. The smallest absolute Gasteiger partial charge is 0.280 e. The van der Waals surface area contributed by atoms with Gasteiger partial charge in [0.15, 0.2) is 17.0 Å². The Hall–Kier alpha value is -2.09. The van der Waals surface area contributed by atoms with E-state index in [1.165, 1.54) is 23.4 Å². The van der Waals surface area contributed by atoms with Crippen LogP contribution in [0.4, 0.5) is 14.6 Å². The summed E-state index contributed by atoms with van der Waals surface area (Å²) in [6.07, 6.45) is 3.80. The van der Waals surface area contributed by atoms with Crippen LogP contribution in [0, 0.1) is 5.92 Å². The number of hydrogen-bond donors (Lipinski definition) is 2. The van der Waals surface area contributed by atoms with Crippen LogP contribution < -0.4 is 5.73 Å². The standard InChI is InChI=1S/C10H9F2N5O/c11-10(12)5(6(10)2-18)1-17-4-16-7-8(13)14-3-15-9(7)17/h1,3-4,6,18H,2H2,(H2,13,14,15)/b5-1+/t6-/m0/s1. The molecule has 1 aliphatic rings. The van der Waals surface area contributed by atoms with Crippen molar-refractivity contribution in [1.82, 2.24) is 19.5 Å². The van der Waals surface area contributed by atoms with Crippen LogP contribution in [0.5, 0.6) is 0 Å². The predicted octanol–water partition coefficient (Wildman–Crippen LogP) is 0.507. The Morgan fingerprint density at radius 2 is 2.22 bits per heavy atom. The number of alkyl halides is 2. The lowest BCUT2D eigenvalue weighted by atomic mass is 10.4. The van der Waals surface area contributed by atoms with Crippen molar-refractivity contribution in [3.8, 4) is 0 Å². The summed E-state index contributed by atoms with van der Waals surface area (Å²) in [5.74, 6) is -3.88. The topological polar surface area (TPSA) is 89.9 Å². The third-order valence-electron chi connectivity index (χ3n) is 2.96. The fourth-order valence-electron chi connectivity index (χ4n) is 1.86. The van der Waals surface area contributed by atoms with Crippen LogP contribution in [0.3, 0.4) is 0 Å². The lowest BCUT2D eigenvalue weighted by Gasteiger charge is -1.95. The number of nitrogen functional groups attached to an aromatic ring is 1. The van der Waals surface area contributed by atoms with Crippen molar-refractivity contribution >= 4 is 23.2 Å². The van der Waals surface area contributed by atoms with Crippen LogP contribution in [0.2, 0.25) is 0 Å². The van der Waals surface area contributed by atoms with Crippen LogP contribution >= 0.6 is 0 Å². The van der Waals surface area contributed by atoms with Crippen molar-refractivity contribution in [3.05, 3.63) is 18.2 Å². The average Bonchev–Trinajstić information content (AvgIpc) is 2.69. The van der Waals surface area contributed by atoms with Crippen molar-refractivity contribution in [2.45, 2.75) is 5.92 Å². The molecule has 3 N–H and O–H groups in total. The molecule has 0 bridgehead atoms. The number of aromatic nitrogens is 4. The zero-order chi connectivity index (χ0) is 12.9. The van der Waals surface area contributed by atoms with Crippen molar-refractivity contribution in [2.24, 2.45) is 5.92 Å². The van der Waals surface area contributed by atoms with E-state index in [1.54, 1.807) is 0 Å². The molecule has 6 nitrogen and oxygen atoms in total. The Morgan fingerprint density at radius 1 is 1.44 bits per heavy atom. The molecular formula is C10H9F2N5O. The van der Waals surface area contributed by atoms with Crippen molar-refractivity contribution in [1.29, 1.82) is 0 Å². The van der Waals surface area contributed by atoms with Gasteiger partial charge in [-0.05, 0) is 0 Å². The van der Waals surface area contributed by atoms with Crippen molar-refractivity contribution in [3.63, 3.8) is 0 Å². The number of nitrogens with zero attached hydrogens (tertiary/aromatic N) is 4. The minimum Gasteiger partial charge on any atom is -0.395 e. The number of anilines is 1. The molecule has 3 rings (SSSR count). The highest BCUT2D eigenvalue weighted by atomic mass is 19.3. The molecule has 0 aliphatic heterocycles. The molecule has 18 heavy (non-hydrogen) atoms. The summed E-state index contributed by atoms with van der Waals surface area (Å²) in [5.41, 5.74) is 6.17. The van der Waals surface area contributed by atoms with Crippen LogP contribution in [0.15, 0.2) is 18.2 Å². The zero-order valence-electron chi connectivity index (χ0n) is 9.09. The van der Waals surface area contributed by atoms with Gasteiger partial charge in [0.1, 0.15) is 12.7 Å². The fourth-order valence-corrected chi connectivity index (χ4v) is 1.86. The van der Waals surface area contributed by atoms with Gasteiger partial charge in [0.25, 0.3) is 5.92 Å². The second kappa shape index (κ2) is 3.45. The number of fused-ring (bicyclic) bond motifs is 1. The summed E-state index contributed by atoms with van der Waals surface area (Å²) in [7, 11) is 0. The Morgan fingerprint density at radius 3 is 2.89 bits per heavy atom. The molecular weight excluding hydrogens is 244 g/mol. The fraction of sp³-hybridized carbons (Fsp3) is 0.300. The summed E-state index contributed by atoms with van der Waals surface area (Å²) >= 11 is 0. The number of aliphatic hydroxyl groups excluding tert-OH is 1. The van der Waals surface area contributed by atoms with Gasteiger partial charge in [0.2, 0.25) is 0 Å². The van der Waals surface area contributed by atoms with Gasteiger partial charge in [0, 0.05) is 11.8 Å². The maximum atomic E-state index is 13.2. The van der Waals surface area contributed by atoms with Crippen LogP contribution in [-0.2, 0) is 0 Å². The average molecular weight is 253 g/mol. The number of halogens is 2. The number of hydrogen-bond acceptors (Lipinski definition) is 5. The molecule has 1 fully saturated rings. The Bertz CT molecular complexity index is 651. The maximum Gasteiger partial charge on any atom is 0.280 e. The minimum atomic E-state index is -2.95. The van der Waals surface area contributed by atoms with Gasteiger partial charge >= 0.3 is 0 Å². The van der Waals surface area contributed by atoms with E-state index in [0.29, 0.717) is 11.2 Å². The Balaban J connectivity index is 2.08. The van der Waals surface area contributed by atoms with E-state index in [2.05, 4.69) is 15.0 Å². The molecule has 1 aliphatic carbocycles. The molecule has 8 heteroatoms. The first-order valence-electron chi connectivity index (χ1n) is 5.19. The van der Waals surface area contributed by atoms with Gasteiger partial charge in [0.05, 0.1) is 12.5 Å². The highest BCUT2D eigenvalue weighted by Gasteiger charge is 2.63. The number of rotatable bonds is 2. The lowest BCUT2D eigenvalue weighted by molar-refractivity contribution is 0.0890. The summed E-state index contributed by atoms with van der Waals surface area (Å²) in [5, 5.41) is 8.81. The monoisotopic (exact) mass is 253 g/mol. The van der Waals surface area contributed by atoms with Gasteiger partial charge in [-0.2, -0.15) is 0 Å². The third kappa shape index (κ3) is 1.39. The molecule has 0 amide bonds. The van der Waals surface area contributed by atoms with E-state index in [0.717, 1.165) is 0 Å². The van der Waals surface area contributed by atoms with E-state index in [4.69, 9.17) is 10.8 Å². The first-order valence-corrected chi connectivity index (χ1v) is 5.19. The van der Waals surface area contributed by atoms with Gasteiger partial charge in [-0.1, -0.05) is 0 Å². The molecule has 2 heterocycles. The van der Waals surface area contributed by atoms with E-state index >= 15 is 0 Å². The molecule has 0 aromatic carbocycles. The molecule has 1 saturated carbocycles. The van der Waals surface area contributed by atoms with Crippen LogP contribution in [-0.4, -0.2) is 37.2 Å². The summed E-state index contributed by atoms with van der Waals surface area (Å²) in [4.78, 5) is 11.7. The zero-order valence-corrected chi connectivity index (χ0v) is 9.09. The molecule has 1 atom stereocenters. The van der Waals surface area contributed by atoms with Crippen LogP contribution in [0.25, 0.3) is 17.4 Å². The molecule has 0 saturated heterocycles. The quantitative estimate of drug-likeness (QED) is 0.813. The maximum absolute atomic E-state index is 13.2. The van der Waals surface area contributed by atoms with E-state index < -0.39 is 18.4 Å². The lowest BCUT2D eigenvalue weighted by Crippen LogP contribution is -1.96. The van der Waals surface area contributed by atoms with Gasteiger partial charge in [-0.15, -0.1) is 0 Å². The summed E-state index contributed by atoms with van der Waals surface area (Å²) in [6, 6.07) is 0. The third-order valence-corrected chi connectivity index (χ3v) is 2.96. The van der Waals surface area contributed by atoms with Crippen LogP contribution in [0.1, 0.15) is 0 Å². The largest absolute Gasteiger partial charge is 0.395 e. The second-order valence-corrected chi connectivity index (χ2v) is 4.03. The number of imidazole rings is 1. The molecule has 0 radical (unpaired) electrons. The predicted molar refractivity (Wildman–Crippen MR) is 59.5 cm³/mol. The summed E-state index contributed by atoms with van der Waals surface area (Å²) < 4.78 is 27.8. The SMILES string of the molecule is Nc1ncnc2c1ncn2/C=C1\[C@H](CO)C1(F)F. The first-order chi connectivity index (χ1) is 8.55. The van der Waals surface area contributed by atoms with Crippen molar-refractivity contribution < 1.29 is 13.9 Å². The van der Waals surface area contributed by atoms with Gasteiger partial charge < -0.3 is 10.8 Å². The molecule has 94 valence electrons. The summed E-state index contributed by atoms with van der Waals surface area (Å²) in [6.45, 7) is -0.581. The first kappa shape index (κ1) is 11.0. The minimum absolute atomic E-state index is 0.138. The highest BCUT2D eigenvalue weighted by molar-refractivity contribution is 5.82. The van der Waals surface area contributed by atoms with E-state index in [1.807, 2.05) is 0 Å². The molecule has 0 unspecified atom stereocenters. The van der Waals surface area contributed by atoms with Gasteiger partial charge in [-0.25, -0.2) is 23.7 Å². The Kier molecular flexibility index (Phi) is 2.11. The highest BCUT2D eigenvalue weighted by Crippen LogP contribution is 2.54. The van der Waals surface area contributed by atoms with E-state index in [9.17, 15) is 8.78 Å². The second-order valence-electron chi connectivity index (χ2n) is 4.03. The molecule has 2 aromatic heterocycles. The number of nitrogens with two attached hydrogens (primary N) is 1. The number of aliphatic hydroxyl groups is 1. The molecule has 2 aromatic rings. The molecule has 0 spiro atoms. The van der Waals surface area contributed by atoms with E-state index in [-0.39, 0.29) is 11.4 Å². The van der Waals surface area contributed by atoms with Gasteiger partial charge in [-0.3, -0.25) is 4.57 Å².